The fourth-order valence-corrected chi connectivity index (χ4v) is 5.17. The van der Waals surface area contributed by atoms with E-state index in [0.29, 0.717) is 12.8 Å². The largest absolute Gasteiger partial charge is 0.472 e. The number of ether oxygens (including phenoxy) is 4. The first-order valence-electron chi connectivity index (χ1n) is 10.4. The summed E-state index contributed by atoms with van der Waals surface area (Å²) in [5, 5.41) is 0. The summed E-state index contributed by atoms with van der Waals surface area (Å²) >= 11 is 0. The van der Waals surface area contributed by atoms with Gasteiger partial charge in [-0.3, -0.25) is 9.05 Å². The van der Waals surface area contributed by atoms with E-state index in [1.165, 1.54) is 0 Å². The lowest BCUT2D eigenvalue weighted by Crippen LogP contribution is -2.48. The minimum absolute atomic E-state index is 0.0584. The standard InChI is InChI=1S/C19H33B2O8P/c1-17(2,3)8-12-11(7-13(20)26-12)29-30(22,23)25-10-19-9-24-14(16(21)28-19)15(19)27-18(4,5)6/h11-16H,7-10H2,1-6H3,(H,22,23). The van der Waals surface area contributed by atoms with E-state index in [4.69, 9.17) is 43.7 Å². The van der Waals surface area contributed by atoms with Crippen molar-refractivity contribution in [1.29, 1.82) is 0 Å². The third-order valence-corrected chi connectivity index (χ3v) is 6.29. The first-order valence-corrected chi connectivity index (χ1v) is 11.9. The summed E-state index contributed by atoms with van der Waals surface area (Å²) in [5.74, 6) is 0. The van der Waals surface area contributed by atoms with Crippen molar-refractivity contribution < 1.29 is 37.5 Å². The van der Waals surface area contributed by atoms with E-state index in [-0.39, 0.29) is 18.6 Å². The quantitative estimate of drug-likeness (QED) is 0.474. The first-order chi connectivity index (χ1) is 13.6. The first kappa shape index (κ1) is 24.7. The highest BCUT2D eigenvalue weighted by Crippen LogP contribution is 2.51. The van der Waals surface area contributed by atoms with Crippen LogP contribution in [0.25, 0.3) is 0 Å². The van der Waals surface area contributed by atoms with Crippen LogP contribution in [0.2, 0.25) is 0 Å². The Morgan fingerprint density at radius 2 is 1.87 bits per heavy atom. The van der Waals surface area contributed by atoms with Crippen molar-refractivity contribution >= 4 is 23.5 Å². The smallest absolute Gasteiger partial charge is 0.382 e. The van der Waals surface area contributed by atoms with E-state index in [1.54, 1.807) is 0 Å². The van der Waals surface area contributed by atoms with Crippen LogP contribution in [0, 0.1) is 5.41 Å². The van der Waals surface area contributed by atoms with Gasteiger partial charge in [0.1, 0.15) is 33.5 Å². The Kier molecular flexibility index (Phi) is 6.96. The van der Waals surface area contributed by atoms with Crippen molar-refractivity contribution in [1.82, 2.24) is 0 Å². The van der Waals surface area contributed by atoms with Crippen molar-refractivity contribution in [2.45, 2.75) is 102 Å². The van der Waals surface area contributed by atoms with Crippen LogP contribution in [0.1, 0.15) is 54.4 Å². The average molecular weight is 442 g/mol. The normalized spacial score (nSPS) is 41.3. The second-order valence-corrected chi connectivity index (χ2v) is 12.1. The summed E-state index contributed by atoms with van der Waals surface area (Å²) in [7, 11) is 7.46. The molecular weight excluding hydrogens is 409 g/mol. The van der Waals surface area contributed by atoms with Crippen molar-refractivity contribution in [3.8, 4) is 0 Å². The Morgan fingerprint density at radius 1 is 1.20 bits per heavy atom. The van der Waals surface area contributed by atoms with Crippen molar-refractivity contribution in [3.63, 3.8) is 0 Å². The van der Waals surface area contributed by atoms with Gasteiger partial charge in [0.05, 0.1) is 31.0 Å². The lowest BCUT2D eigenvalue weighted by Gasteiger charge is -2.34. The van der Waals surface area contributed by atoms with Crippen LogP contribution in [0.5, 0.6) is 0 Å². The van der Waals surface area contributed by atoms with Gasteiger partial charge in [-0.25, -0.2) is 4.57 Å². The molecule has 0 amide bonds. The Hall–Kier alpha value is 0.0799. The Labute approximate surface area is 182 Å². The summed E-state index contributed by atoms with van der Waals surface area (Å²) in [6.45, 7) is 11.8. The highest BCUT2D eigenvalue weighted by Gasteiger charge is 2.62. The molecule has 30 heavy (non-hydrogen) atoms. The molecule has 2 bridgehead atoms. The molecule has 3 fully saturated rings. The Bertz CT molecular complexity index is 666. The third-order valence-electron chi connectivity index (χ3n) is 5.30. The molecule has 0 aliphatic carbocycles. The molecule has 0 aromatic carbocycles. The molecule has 3 heterocycles. The third kappa shape index (κ3) is 5.90. The molecule has 8 atom stereocenters. The van der Waals surface area contributed by atoms with E-state index in [1.807, 2.05) is 20.8 Å². The maximum Gasteiger partial charge on any atom is 0.472 e. The van der Waals surface area contributed by atoms with Gasteiger partial charge in [0, 0.05) is 12.0 Å². The SMILES string of the molecule is [B]C1CC(OP(=O)(O)OCC23COC(C([B])O2)C3OC(C)(C)C)C(CC(C)(C)C)O1. The Balaban J connectivity index is 1.64. The number of phosphoric acid groups is 1. The van der Waals surface area contributed by atoms with Crippen LogP contribution in [0.4, 0.5) is 0 Å². The van der Waals surface area contributed by atoms with E-state index < -0.39 is 55.4 Å². The second-order valence-electron chi connectivity index (χ2n) is 10.7. The van der Waals surface area contributed by atoms with Gasteiger partial charge >= 0.3 is 7.82 Å². The summed E-state index contributed by atoms with van der Waals surface area (Å²) in [4.78, 5) is 10.4. The molecule has 0 aromatic rings. The van der Waals surface area contributed by atoms with Gasteiger partial charge in [-0.1, -0.05) is 20.8 Å². The number of phosphoric ester groups is 1. The fourth-order valence-electron chi connectivity index (χ4n) is 4.16. The molecule has 3 aliphatic rings. The van der Waals surface area contributed by atoms with Crippen LogP contribution in [-0.4, -0.2) is 81.4 Å². The predicted octanol–water partition coefficient (Wildman–Crippen LogP) is 2.05. The molecule has 4 radical (unpaired) electrons. The molecule has 0 spiro atoms. The van der Waals surface area contributed by atoms with Crippen LogP contribution in [0.3, 0.4) is 0 Å². The number of rotatable bonds is 7. The van der Waals surface area contributed by atoms with Crippen molar-refractivity contribution in [2.24, 2.45) is 5.41 Å². The van der Waals surface area contributed by atoms with Gasteiger partial charge in [0.15, 0.2) is 0 Å². The molecule has 1 N–H and O–H groups in total. The predicted molar refractivity (Wildman–Crippen MR) is 111 cm³/mol. The minimum Gasteiger partial charge on any atom is -0.382 e. The lowest BCUT2D eigenvalue weighted by molar-refractivity contribution is -0.153. The van der Waals surface area contributed by atoms with Gasteiger partial charge in [-0.05, 0) is 39.0 Å². The van der Waals surface area contributed by atoms with Gasteiger partial charge < -0.3 is 23.8 Å². The van der Waals surface area contributed by atoms with Gasteiger partial charge in [-0.2, -0.15) is 0 Å². The summed E-state index contributed by atoms with van der Waals surface area (Å²) < 4.78 is 46.9. The molecule has 3 rings (SSSR count). The van der Waals surface area contributed by atoms with Gasteiger partial charge in [0.25, 0.3) is 0 Å². The van der Waals surface area contributed by atoms with Crippen LogP contribution >= 0.6 is 7.82 Å². The zero-order chi connectivity index (χ0) is 22.5. The van der Waals surface area contributed by atoms with E-state index in [0.717, 1.165) is 0 Å². The molecule has 8 nitrogen and oxygen atoms in total. The van der Waals surface area contributed by atoms with E-state index >= 15 is 0 Å². The number of hydrogen-bond donors (Lipinski definition) is 1. The molecular formula is C19H33B2O8P. The van der Waals surface area contributed by atoms with Crippen molar-refractivity contribution in [3.05, 3.63) is 0 Å². The van der Waals surface area contributed by atoms with Crippen molar-refractivity contribution in [2.75, 3.05) is 13.2 Å². The summed E-state index contributed by atoms with van der Waals surface area (Å²) in [5.41, 5.74) is -1.62. The van der Waals surface area contributed by atoms with E-state index in [2.05, 4.69) is 20.8 Å². The molecule has 0 aromatic heterocycles. The maximum absolute atomic E-state index is 12.7. The topological polar surface area (TPSA) is 92.7 Å². The highest BCUT2D eigenvalue weighted by atomic mass is 31.2. The van der Waals surface area contributed by atoms with Crippen LogP contribution in [-0.2, 0) is 32.6 Å². The molecule has 168 valence electrons. The average Bonchev–Trinajstić information content (AvgIpc) is 3.12. The summed E-state index contributed by atoms with van der Waals surface area (Å²) in [6.07, 6.45) is -1.09. The molecule has 3 saturated heterocycles. The Morgan fingerprint density at radius 3 is 2.43 bits per heavy atom. The van der Waals surface area contributed by atoms with Crippen LogP contribution in [0.15, 0.2) is 0 Å². The summed E-state index contributed by atoms with van der Waals surface area (Å²) in [6, 6.07) is -1.25. The number of hydrogen-bond acceptors (Lipinski definition) is 7. The number of fused-ring (bicyclic) bond motifs is 2. The lowest BCUT2D eigenvalue weighted by atomic mass is 9.87. The maximum atomic E-state index is 12.7. The zero-order valence-corrected chi connectivity index (χ0v) is 19.6. The van der Waals surface area contributed by atoms with Gasteiger partial charge in [0.2, 0.25) is 0 Å². The second kappa shape index (κ2) is 8.45. The fraction of sp³-hybridized carbons (Fsp3) is 1.00. The molecule has 8 unspecified atom stereocenters. The highest BCUT2D eigenvalue weighted by molar-refractivity contribution is 7.47. The van der Waals surface area contributed by atoms with Crippen LogP contribution < -0.4 is 0 Å². The monoisotopic (exact) mass is 442 g/mol. The van der Waals surface area contributed by atoms with E-state index in [9.17, 15) is 9.46 Å². The minimum atomic E-state index is -4.43. The molecule has 0 saturated carbocycles. The zero-order valence-electron chi connectivity index (χ0n) is 18.7. The molecule has 11 heteroatoms. The molecule has 3 aliphatic heterocycles. The van der Waals surface area contributed by atoms with Gasteiger partial charge in [-0.15, -0.1) is 0 Å².